The summed E-state index contributed by atoms with van der Waals surface area (Å²) in [6.07, 6.45) is 1.33. The minimum atomic E-state index is -0.141. The molecule has 5 nitrogen and oxygen atoms in total. The summed E-state index contributed by atoms with van der Waals surface area (Å²) in [6.45, 7) is 7.60. The molecule has 0 atom stereocenters. The number of likely N-dealkylation sites (tertiary alicyclic amines) is 1. The highest BCUT2D eigenvalue weighted by Gasteiger charge is 2.28. The highest BCUT2D eigenvalue weighted by atomic mass is 16.5. The van der Waals surface area contributed by atoms with Crippen LogP contribution in [-0.4, -0.2) is 36.6 Å². The Morgan fingerprint density at radius 3 is 2.52 bits per heavy atom. The SMILES string of the molecule is CCOC(=O)C1CCN(C(=O)Nc2ccccc2C(C)C)CC1. The third-order valence-electron chi connectivity index (χ3n) is 4.23. The fourth-order valence-corrected chi connectivity index (χ4v) is 2.89. The molecular formula is C18H26N2O3. The summed E-state index contributed by atoms with van der Waals surface area (Å²) in [5.41, 5.74) is 1.99. The Labute approximate surface area is 138 Å². The van der Waals surface area contributed by atoms with E-state index in [1.54, 1.807) is 4.90 Å². The number of amides is 2. The molecule has 2 rings (SSSR count). The molecule has 1 aliphatic heterocycles. The average molecular weight is 318 g/mol. The molecule has 0 aromatic heterocycles. The second-order valence-electron chi connectivity index (χ2n) is 6.19. The van der Waals surface area contributed by atoms with E-state index in [2.05, 4.69) is 19.2 Å². The number of esters is 1. The number of anilines is 1. The average Bonchev–Trinajstić information content (AvgIpc) is 2.55. The van der Waals surface area contributed by atoms with Crippen LogP contribution in [0.25, 0.3) is 0 Å². The maximum absolute atomic E-state index is 12.4. The predicted molar refractivity (Wildman–Crippen MR) is 90.5 cm³/mol. The van der Waals surface area contributed by atoms with Gasteiger partial charge in [0.25, 0.3) is 0 Å². The van der Waals surface area contributed by atoms with E-state index in [4.69, 9.17) is 4.74 Å². The van der Waals surface area contributed by atoms with Crippen LogP contribution >= 0.6 is 0 Å². The lowest BCUT2D eigenvalue weighted by atomic mass is 9.97. The molecule has 126 valence electrons. The molecule has 0 unspecified atom stereocenters. The van der Waals surface area contributed by atoms with Crippen molar-refractivity contribution in [3.05, 3.63) is 29.8 Å². The zero-order valence-electron chi connectivity index (χ0n) is 14.2. The van der Waals surface area contributed by atoms with Crippen LogP contribution in [0.5, 0.6) is 0 Å². The largest absolute Gasteiger partial charge is 0.466 e. The van der Waals surface area contributed by atoms with E-state index in [0.29, 0.717) is 38.5 Å². The van der Waals surface area contributed by atoms with E-state index in [1.165, 1.54) is 0 Å². The van der Waals surface area contributed by atoms with Crippen molar-refractivity contribution in [2.45, 2.75) is 39.5 Å². The molecule has 0 aliphatic carbocycles. The van der Waals surface area contributed by atoms with Gasteiger partial charge in [0.2, 0.25) is 0 Å². The molecule has 1 N–H and O–H groups in total. The standard InChI is InChI=1S/C18H26N2O3/c1-4-23-17(21)14-9-11-20(12-10-14)18(22)19-16-8-6-5-7-15(16)13(2)3/h5-8,13-14H,4,9-12H2,1-3H3,(H,19,22). The van der Waals surface area contributed by atoms with Gasteiger partial charge >= 0.3 is 12.0 Å². The molecule has 1 heterocycles. The van der Waals surface area contributed by atoms with Crippen molar-refractivity contribution in [2.24, 2.45) is 5.92 Å². The van der Waals surface area contributed by atoms with Gasteiger partial charge in [-0.1, -0.05) is 32.0 Å². The molecule has 1 aromatic carbocycles. The summed E-state index contributed by atoms with van der Waals surface area (Å²) in [5, 5.41) is 3.00. The first-order chi connectivity index (χ1) is 11.0. The minimum absolute atomic E-state index is 0.0815. The smallest absolute Gasteiger partial charge is 0.321 e. The van der Waals surface area contributed by atoms with Gasteiger partial charge in [0.15, 0.2) is 0 Å². The number of benzene rings is 1. The summed E-state index contributed by atoms with van der Waals surface area (Å²) in [5.74, 6) is 0.126. The van der Waals surface area contributed by atoms with Crippen LogP contribution in [0.4, 0.5) is 10.5 Å². The molecule has 1 aliphatic rings. The number of carbonyl (C=O) groups excluding carboxylic acids is 2. The van der Waals surface area contributed by atoms with Crippen LogP contribution in [-0.2, 0) is 9.53 Å². The normalized spacial score (nSPS) is 15.6. The number of hydrogen-bond acceptors (Lipinski definition) is 3. The van der Waals surface area contributed by atoms with Crippen molar-refractivity contribution < 1.29 is 14.3 Å². The van der Waals surface area contributed by atoms with Crippen molar-refractivity contribution >= 4 is 17.7 Å². The zero-order valence-corrected chi connectivity index (χ0v) is 14.2. The zero-order chi connectivity index (χ0) is 16.8. The molecular weight excluding hydrogens is 292 g/mol. The number of nitrogens with one attached hydrogen (secondary N) is 1. The van der Waals surface area contributed by atoms with Gasteiger partial charge in [-0.05, 0) is 37.3 Å². The molecule has 1 fully saturated rings. The maximum atomic E-state index is 12.4. The van der Waals surface area contributed by atoms with Gasteiger partial charge < -0.3 is 15.0 Å². The molecule has 2 amide bonds. The van der Waals surface area contributed by atoms with Crippen molar-refractivity contribution in [1.82, 2.24) is 4.90 Å². The van der Waals surface area contributed by atoms with E-state index in [9.17, 15) is 9.59 Å². The first kappa shape index (κ1) is 17.3. The lowest BCUT2D eigenvalue weighted by Crippen LogP contribution is -2.42. The van der Waals surface area contributed by atoms with Crippen LogP contribution < -0.4 is 5.32 Å². The number of ether oxygens (including phenoxy) is 1. The number of nitrogens with zero attached hydrogens (tertiary/aromatic N) is 1. The van der Waals surface area contributed by atoms with E-state index in [-0.39, 0.29) is 17.9 Å². The summed E-state index contributed by atoms with van der Waals surface area (Å²) in [4.78, 5) is 26.0. The van der Waals surface area contributed by atoms with Gasteiger partial charge in [-0.15, -0.1) is 0 Å². The van der Waals surface area contributed by atoms with E-state index >= 15 is 0 Å². The van der Waals surface area contributed by atoms with Gasteiger partial charge in [0.1, 0.15) is 0 Å². The predicted octanol–water partition coefficient (Wildman–Crippen LogP) is 3.62. The summed E-state index contributed by atoms with van der Waals surface area (Å²) >= 11 is 0. The van der Waals surface area contributed by atoms with E-state index in [0.717, 1.165) is 11.3 Å². The Balaban J connectivity index is 1.92. The minimum Gasteiger partial charge on any atom is -0.466 e. The first-order valence-corrected chi connectivity index (χ1v) is 8.34. The Kier molecular flexibility index (Phi) is 6.02. The van der Waals surface area contributed by atoms with Gasteiger partial charge in [-0.25, -0.2) is 4.79 Å². The van der Waals surface area contributed by atoms with E-state index in [1.807, 2.05) is 31.2 Å². The lowest BCUT2D eigenvalue weighted by molar-refractivity contribution is -0.149. The van der Waals surface area contributed by atoms with E-state index < -0.39 is 0 Å². The third-order valence-corrected chi connectivity index (χ3v) is 4.23. The molecule has 5 heteroatoms. The quantitative estimate of drug-likeness (QED) is 0.863. The number of para-hydroxylation sites is 1. The molecule has 0 radical (unpaired) electrons. The number of urea groups is 1. The topological polar surface area (TPSA) is 58.6 Å². The fraction of sp³-hybridized carbons (Fsp3) is 0.556. The van der Waals surface area contributed by atoms with Crippen molar-refractivity contribution in [2.75, 3.05) is 25.0 Å². The Morgan fingerprint density at radius 1 is 1.26 bits per heavy atom. The van der Waals surface area contributed by atoms with Crippen molar-refractivity contribution in [1.29, 1.82) is 0 Å². The molecule has 0 saturated carbocycles. The molecule has 0 spiro atoms. The fourth-order valence-electron chi connectivity index (χ4n) is 2.89. The Bertz CT molecular complexity index is 549. The van der Waals surface area contributed by atoms with Crippen LogP contribution in [0.1, 0.15) is 45.1 Å². The monoisotopic (exact) mass is 318 g/mol. The van der Waals surface area contributed by atoms with Crippen LogP contribution in [0.15, 0.2) is 24.3 Å². The van der Waals surface area contributed by atoms with Crippen LogP contribution in [0, 0.1) is 5.92 Å². The second-order valence-corrected chi connectivity index (χ2v) is 6.19. The Hall–Kier alpha value is -2.04. The summed E-state index contributed by atoms with van der Waals surface area (Å²) in [6, 6.07) is 7.77. The van der Waals surface area contributed by atoms with Crippen molar-refractivity contribution in [3.63, 3.8) is 0 Å². The Morgan fingerprint density at radius 2 is 1.91 bits per heavy atom. The van der Waals surface area contributed by atoms with Crippen molar-refractivity contribution in [3.8, 4) is 0 Å². The molecule has 0 bridgehead atoms. The summed E-state index contributed by atoms with van der Waals surface area (Å²) in [7, 11) is 0. The molecule has 23 heavy (non-hydrogen) atoms. The van der Waals surface area contributed by atoms with Gasteiger partial charge in [0.05, 0.1) is 12.5 Å². The lowest BCUT2D eigenvalue weighted by Gasteiger charge is -2.31. The number of piperidine rings is 1. The third kappa shape index (κ3) is 4.47. The number of carbonyl (C=O) groups is 2. The van der Waals surface area contributed by atoms with Gasteiger partial charge in [-0.2, -0.15) is 0 Å². The second kappa shape index (κ2) is 7.99. The van der Waals surface area contributed by atoms with Crippen LogP contribution in [0.3, 0.4) is 0 Å². The van der Waals surface area contributed by atoms with Gasteiger partial charge in [-0.3, -0.25) is 4.79 Å². The number of rotatable bonds is 4. The van der Waals surface area contributed by atoms with Gasteiger partial charge in [0, 0.05) is 18.8 Å². The summed E-state index contributed by atoms with van der Waals surface area (Å²) < 4.78 is 5.06. The molecule has 1 aromatic rings. The first-order valence-electron chi connectivity index (χ1n) is 8.34. The number of hydrogen-bond donors (Lipinski definition) is 1. The van der Waals surface area contributed by atoms with Crippen LogP contribution in [0.2, 0.25) is 0 Å². The highest BCUT2D eigenvalue weighted by molar-refractivity contribution is 5.90. The highest BCUT2D eigenvalue weighted by Crippen LogP contribution is 2.25. The maximum Gasteiger partial charge on any atom is 0.321 e. The molecule has 1 saturated heterocycles.